The van der Waals surface area contributed by atoms with Gasteiger partial charge in [0.15, 0.2) is 0 Å². The van der Waals surface area contributed by atoms with Crippen molar-refractivity contribution in [1.29, 1.82) is 0 Å². The fourth-order valence-electron chi connectivity index (χ4n) is 3.07. The van der Waals surface area contributed by atoms with Crippen molar-refractivity contribution >= 4 is 11.6 Å². The minimum absolute atomic E-state index is 0.0209. The molecule has 0 saturated carbocycles. The Morgan fingerprint density at radius 1 is 1.42 bits per heavy atom. The molecule has 1 N–H and O–H groups in total. The van der Waals surface area contributed by atoms with Crippen molar-refractivity contribution in [2.75, 3.05) is 18.1 Å². The molecule has 1 fully saturated rings. The van der Waals surface area contributed by atoms with E-state index >= 15 is 0 Å². The monoisotopic (exact) mass is 261 g/mol. The number of aromatic hydroxyl groups is 1. The first-order chi connectivity index (χ1) is 9.12. The summed E-state index contributed by atoms with van der Waals surface area (Å²) in [6, 6.07) is 5.45. The summed E-state index contributed by atoms with van der Waals surface area (Å²) < 4.78 is 5.64. The molecule has 1 atom stereocenters. The van der Waals surface area contributed by atoms with Crippen LogP contribution in [-0.2, 0) is 16.0 Å². The minimum atomic E-state index is -0.725. The lowest BCUT2D eigenvalue weighted by Gasteiger charge is -2.35. The summed E-state index contributed by atoms with van der Waals surface area (Å²) in [6.45, 7) is 3.16. The number of benzene rings is 1. The van der Waals surface area contributed by atoms with Crippen LogP contribution in [0, 0.1) is 0 Å². The van der Waals surface area contributed by atoms with Crippen molar-refractivity contribution in [3.05, 3.63) is 23.8 Å². The molecule has 0 bridgehead atoms. The van der Waals surface area contributed by atoms with Gasteiger partial charge in [-0.3, -0.25) is 4.79 Å². The van der Waals surface area contributed by atoms with Gasteiger partial charge in [-0.05, 0) is 44.2 Å². The summed E-state index contributed by atoms with van der Waals surface area (Å²) in [4.78, 5) is 14.4. The van der Waals surface area contributed by atoms with E-state index in [9.17, 15) is 9.90 Å². The van der Waals surface area contributed by atoms with Crippen LogP contribution >= 0.6 is 0 Å². The number of nitrogens with zero attached hydrogens (tertiary/aromatic N) is 1. The number of rotatable bonds is 1. The van der Waals surface area contributed by atoms with Crippen LogP contribution in [0.15, 0.2) is 18.2 Å². The quantitative estimate of drug-likeness (QED) is 0.843. The Kier molecular flexibility index (Phi) is 2.97. The van der Waals surface area contributed by atoms with Crippen molar-refractivity contribution in [2.45, 2.75) is 38.2 Å². The van der Waals surface area contributed by atoms with Crippen molar-refractivity contribution in [3.8, 4) is 5.75 Å². The molecular weight excluding hydrogens is 242 g/mol. The highest BCUT2D eigenvalue weighted by Gasteiger charge is 2.42. The zero-order valence-corrected chi connectivity index (χ0v) is 11.2. The molecule has 102 valence electrons. The molecular formula is C15H19NO3. The van der Waals surface area contributed by atoms with Gasteiger partial charge in [0, 0.05) is 13.2 Å². The van der Waals surface area contributed by atoms with Crippen molar-refractivity contribution < 1.29 is 14.6 Å². The smallest absolute Gasteiger partial charge is 0.259 e. The average molecular weight is 261 g/mol. The zero-order chi connectivity index (χ0) is 13.5. The van der Waals surface area contributed by atoms with E-state index in [-0.39, 0.29) is 11.7 Å². The molecule has 0 aliphatic carbocycles. The average Bonchev–Trinajstić information content (AvgIpc) is 2.86. The maximum absolute atomic E-state index is 12.7. The number of para-hydroxylation sites is 1. The first-order valence-corrected chi connectivity index (χ1v) is 6.89. The van der Waals surface area contributed by atoms with Crippen LogP contribution in [0.25, 0.3) is 0 Å². The molecule has 1 saturated heterocycles. The Morgan fingerprint density at radius 3 is 3.00 bits per heavy atom. The second-order valence-electron chi connectivity index (χ2n) is 5.53. The lowest BCUT2D eigenvalue weighted by molar-refractivity contribution is -0.136. The van der Waals surface area contributed by atoms with Gasteiger partial charge in [0.2, 0.25) is 0 Å². The third kappa shape index (κ3) is 2.00. The van der Waals surface area contributed by atoms with Crippen LogP contribution in [0.1, 0.15) is 31.7 Å². The number of carbonyl (C=O) groups is 1. The second-order valence-corrected chi connectivity index (χ2v) is 5.53. The van der Waals surface area contributed by atoms with Crippen molar-refractivity contribution in [3.63, 3.8) is 0 Å². The Labute approximate surface area is 113 Å². The Balaban J connectivity index is 1.97. The van der Waals surface area contributed by atoms with Crippen LogP contribution in [-0.4, -0.2) is 29.8 Å². The van der Waals surface area contributed by atoms with Gasteiger partial charge in [-0.1, -0.05) is 12.1 Å². The highest BCUT2D eigenvalue weighted by molar-refractivity contribution is 6.01. The molecule has 1 amide bonds. The Hall–Kier alpha value is -1.55. The number of phenols is 1. The molecule has 1 aromatic carbocycles. The van der Waals surface area contributed by atoms with Gasteiger partial charge in [-0.2, -0.15) is 0 Å². The first kappa shape index (κ1) is 12.5. The van der Waals surface area contributed by atoms with E-state index < -0.39 is 5.60 Å². The maximum atomic E-state index is 12.7. The predicted molar refractivity (Wildman–Crippen MR) is 72.4 cm³/mol. The van der Waals surface area contributed by atoms with E-state index in [4.69, 9.17) is 4.74 Å². The SMILES string of the molecule is CC1(C(=O)N2CCCc3cccc(O)c32)CCCO1. The zero-order valence-electron chi connectivity index (χ0n) is 11.2. The summed E-state index contributed by atoms with van der Waals surface area (Å²) >= 11 is 0. The van der Waals surface area contributed by atoms with E-state index in [1.54, 1.807) is 11.0 Å². The molecule has 2 heterocycles. The minimum Gasteiger partial charge on any atom is -0.506 e. The standard InChI is InChI=1S/C15H19NO3/c1-15(8-4-10-19-15)14(18)16-9-3-6-11-5-2-7-12(17)13(11)16/h2,5,7,17H,3-4,6,8-10H2,1H3. The number of anilines is 1. The van der Waals surface area contributed by atoms with Gasteiger partial charge in [-0.15, -0.1) is 0 Å². The van der Waals surface area contributed by atoms with Crippen molar-refractivity contribution in [2.24, 2.45) is 0 Å². The maximum Gasteiger partial charge on any atom is 0.259 e. The molecule has 4 nitrogen and oxygen atoms in total. The third-order valence-electron chi connectivity index (χ3n) is 4.11. The molecule has 19 heavy (non-hydrogen) atoms. The van der Waals surface area contributed by atoms with E-state index in [0.717, 1.165) is 31.2 Å². The van der Waals surface area contributed by atoms with Crippen LogP contribution in [0.3, 0.4) is 0 Å². The number of carbonyl (C=O) groups excluding carboxylic acids is 1. The van der Waals surface area contributed by atoms with Crippen molar-refractivity contribution in [1.82, 2.24) is 0 Å². The second kappa shape index (κ2) is 4.53. The largest absolute Gasteiger partial charge is 0.506 e. The summed E-state index contributed by atoms with van der Waals surface area (Å²) in [7, 11) is 0. The van der Waals surface area contributed by atoms with Gasteiger partial charge in [0.25, 0.3) is 5.91 Å². The lowest BCUT2D eigenvalue weighted by atomic mass is 9.96. The summed E-state index contributed by atoms with van der Waals surface area (Å²) in [5.41, 5.74) is 0.994. The molecule has 2 aliphatic heterocycles. The van der Waals surface area contributed by atoms with E-state index in [1.807, 2.05) is 19.1 Å². The number of aryl methyl sites for hydroxylation is 1. The van der Waals surface area contributed by atoms with Gasteiger partial charge < -0.3 is 14.7 Å². The molecule has 1 aromatic rings. The summed E-state index contributed by atoms with van der Waals surface area (Å²) in [6.07, 6.45) is 3.51. The van der Waals surface area contributed by atoms with Gasteiger partial charge in [-0.25, -0.2) is 0 Å². The molecule has 3 rings (SSSR count). The summed E-state index contributed by atoms with van der Waals surface area (Å²) in [5, 5.41) is 10.1. The predicted octanol–water partition coefficient (Wildman–Crippen LogP) is 2.24. The topological polar surface area (TPSA) is 49.8 Å². The number of hydrogen-bond acceptors (Lipinski definition) is 3. The molecule has 1 unspecified atom stereocenters. The van der Waals surface area contributed by atoms with E-state index in [0.29, 0.717) is 18.8 Å². The third-order valence-corrected chi connectivity index (χ3v) is 4.11. The van der Waals surface area contributed by atoms with Crippen LogP contribution in [0.5, 0.6) is 5.75 Å². The fraction of sp³-hybridized carbons (Fsp3) is 0.533. The Morgan fingerprint density at radius 2 is 2.26 bits per heavy atom. The van der Waals surface area contributed by atoms with Crippen LogP contribution in [0.4, 0.5) is 5.69 Å². The lowest BCUT2D eigenvalue weighted by Crippen LogP contribution is -2.48. The highest BCUT2D eigenvalue weighted by atomic mass is 16.5. The molecule has 0 aromatic heterocycles. The van der Waals surface area contributed by atoms with Crippen LogP contribution in [0.2, 0.25) is 0 Å². The number of hydrogen-bond donors (Lipinski definition) is 1. The van der Waals surface area contributed by atoms with Gasteiger partial charge in [0.05, 0.1) is 5.69 Å². The van der Waals surface area contributed by atoms with Gasteiger partial charge >= 0.3 is 0 Å². The Bertz CT molecular complexity index is 506. The van der Waals surface area contributed by atoms with E-state index in [1.165, 1.54) is 0 Å². The molecule has 2 aliphatic rings. The van der Waals surface area contributed by atoms with E-state index in [2.05, 4.69) is 0 Å². The molecule has 4 heteroatoms. The molecule has 0 radical (unpaired) electrons. The number of phenolic OH excluding ortho intramolecular Hbond substituents is 1. The number of amides is 1. The normalized spacial score (nSPS) is 26.3. The fourth-order valence-corrected chi connectivity index (χ4v) is 3.07. The van der Waals surface area contributed by atoms with Gasteiger partial charge in [0.1, 0.15) is 11.4 Å². The number of fused-ring (bicyclic) bond motifs is 1. The van der Waals surface area contributed by atoms with Crippen LogP contribution < -0.4 is 4.90 Å². The highest BCUT2D eigenvalue weighted by Crippen LogP contribution is 2.38. The number of ether oxygens (including phenoxy) is 1. The molecule has 0 spiro atoms. The first-order valence-electron chi connectivity index (χ1n) is 6.89. The summed E-state index contributed by atoms with van der Waals surface area (Å²) in [5.74, 6) is 0.166.